The number of nitrogens with zero attached hydrogens (tertiary/aromatic N) is 2. The fourth-order valence-electron chi connectivity index (χ4n) is 2.02. The summed E-state index contributed by atoms with van der Waals surface area (Å²) in [7, 11) is 0. The number of anilines is 3. The molecular formula is C17H13Cl2FN4. The molecule has 3 rings (SSSR count). The molecule has 0 aliphatic carbocycles. The Morgan fingerprint density at radius 3 is 2.50 bits per heavy atom. The average molecular weight is 363 g/mol. The highest BCUT2D eigenvalue weighted by molar-refractivity contribution is 6.42. The Morgan fingerprint density at radius 2 is 1.75 bits per heavy atom. The molecule has 122 valence electrons. The lowest BCUT2D eigenvalue weighted by atomic mass is 10.2. The number of aromatic nitrogens is 2. The van der Waals surface area contributed by atoms with Crippen LogP contribution in [0.25, 0.3) is 0 Å². The Hall–Kier alpha value is -2.37. The second-order valence-electron chi connectivity index (χ2n) is 5.00. The highest BCUT2D eigenvalue weighted by Crippen LogP contribution is 2.26. The Morgan fingerprint density at radius 1 is 0.958 bits per heavy atom. The Kier molecular flexibility index (Phi) is 5.13. The summed E-state index contributed by atoms with van der Waals surface area (Å²) in [4.78, 5) is 8.53. The average Bonchev–Trinajstić information content (AvgIpc) is 2.58. The van der Waals surface area contributed by atoms with Gasteiger partial charge in [0.05, 0.1) is 10.0 Å². The maximum Gasteiger partial charge on any atom is 0.224 e. The summed E-state index contributed by atoms with van der Waals surface area (Å²) in [6, 6.07) is 13.2. The summed E-state index contributed by atoms with van der Waals surface area (Å²) in [6.07, 6.45) is 1.64. The summed E-state index contributed by atoms with van der Waals surface area (Å²) in [6.45, 7) is 0.497. The minimum Gasteiger partial charge on any atom is -0.350 e. The van der Waals surface area contributed by atoms with Crippen molar-refractivity contribution < 1.29 is 4.39 Å². The monoisotopic (exact) mass is 362 g/mol. The molecule has 0 saturated carbocycles. The van der Waals surface area contributed by atoms with E-state index < -0.39 is 0 Å². The maximum atomic E-state index is 12.9. The molecule has 0 aliphatic rings. The van der Waals surface area contributed by atoms with Crippen molar-refractivity contribution in [3.05, 3.63) is 76.2 Å². The van der Waals surface area contributed by atoms with Crippen molar-refractivity contribution in [2.24, 2.45) is 0 Å². The fraction of sp³-hybridized carbons (Fsp3) is 0.0588. The first kappa shape index (κ1) is 16.5. The molecule has 0 spiro atoms. The summed E-state index contributed by atoms with van der Waals surface area (Å²) in [5, 5.41) is 7.18. The molecule has 7 heteroatoms. The van der Waals surface area contributed by atoms with Gasteiger partial charge in [0.25, 0.3) is 0 Å². The van der Waals surface area contributed by atoms with E-state index in [0.717, 1.165) is 11.3 Å². The summed E-state index contributed by atoms with van der Waals surface area (Å²) < 4.78 is 12.9. The predicted octanol–water partition coefficient (Wildman–Crippen LogP) is 5.28. The number of hydrogen-bond acceptors (Lipinski definition) is 4. The van der Waals surface area contributed by atoms with Crippen LogP contribution in [0.1, 0.15) is 5.56 Å². The van der Waals surface area contributed by atoms with Gasteiger partial charge in [0.1, 0.15) is 11.6 Å². The number of halogens is 3. The molecule has 0 radical (unpaired) electrons. The van der Waals surface area contributed by atoms with Crippen LogP contribution in [0.4, 0.5) is 21.8 Å². The second kappa shape index (κ2) is 7.47. The maximum absolute atomic E-state index is 12.9. The van der Waals surface area contributed by atoms with Crippen molar-refractivity contribution in [2.45, 2.75) is 6.54 Å². The topological polar surface area (TPSA) is 49.8 Å². The van der Waals surface area contributed by atoms with Gasteiger partial charge in [0.15, 0.2) is 0 Å². The molecule has 4 nitrogen and oxygen atoms in total. The highest BCUT2D eigenvalue weighted by atomic mass is 35.5. The fourth-order valence-corrected chi connectivity index (χ4v) is 2.32. The van der Waals surface area contributed by atoms with Gasteiger partial charge in [-0.2, -0.15) is 4.98 Å². The Bertz CT molecular complexity index is 840. The summed E-state index contributed by atoms with van der Waals surface area (Å²) >= 11 is 11.9. The number of hydrogen-bond donors (Lipinski definition) is 2. The molecule has 0 aliphatic heterocycles. The van der Waals surface area contributed by atoms with Crippen LogP contribution in [0.2, 0.25) is 10.0 Å². The van der Waals surface area contributed by atoms with Crippen molar-refractivity contribution in [1.82, 2.24) is 9.97 Å². The summed E-state index contributed by atoms with van der Waals surface area (Å²) in [5.41, 5.74) is 1.70. The molecule has 1 aromatic heterocycles. The molecule has 3 aromatic rings. The van der Waals surface area contributed by atoms with Crippen LogP contribution in [0, 0.1) is 5.82 Å². The van der Waals surface area contributed by atoms with Crippen LogP contribution in [-0.4, -0.2) is 9.97 Å². The van der Waals surface area contributed by atoms with E-state index in [1.54, 1.807) is 36.5 Å². The highest BCUT2D eigenvalue weighted by Gasteiger charge is 2.03. The zero-order valence-electron chi connectivity index (χ0n) is 12.4. The molecular weight excluding hydrogens is 350 g/mol. The number of benzene rings is 2. The Balaban J connectivity index is 1.67. The van der Waals surface area contributed by atoms with E-state index in [2.05, 4.69) is 20.6 Å². The van der Waals surface area contributed by atoms with Crippen molar-refractivity contribution in [2.75, 3.05) is 10.6 Å². The molecule has 2 aromatic carbocycles. The Labute approximate surface area is 148 Å². The molecule has 1 heterocycles. The molecule has 0 unspecified atom stereocenters. The minimum absolute atomic E-state index is 0.261. The first-order chi connectivity index (χ1) is 11.6. The van der Waals surface area contributed by atoms with E-state index in [4.69, 9.17) is 23.2 Å². The van der Waals surface area contributed by atoms with Crippen molar-refractivity contribution >= 4 is 40.7 Å². The first-order valence-electron chi connectivity index (χ1n) is 7.13. The van der Waals surface area contributed by atoms with E-state index in [9.17, 15) is 4.39 Å². The molecule has 0 saturated heterocycles. The van der Waals surface area contributed by atoms with Gasteiger partial charge >= 0.3 is 0 Å². The standard InChI is InChI=1S/C17H13Cl2FN4/c18-14-6-5-13(9-15(14)19)23-16-7-8-21-17(24-16)22-10-11-1-3-12(20)4-2-11/h1-9H,10H2,(H2,21,22,23,24). The van der Waals surface area contributed by atoms with Gasteiger partial charge in [-0.15, -0.1) is 0 Å². The molecule has 0 fully saturated rings. The lowest BCUT2D eigenvalue weighted by molar-refractivity contribution is 0.627. The van der Waals surface area contributed by atoms with E-state index in [1.807, 2.05) is 6.07 Å². The van der Waals surface area contributed by atoms with E-state index in [1.165, 1.54) is 12.1 Å². The SMILES string of the molecule is Fc1ccc(CNc2nccc(Nc3ccc(Cl)c(Cl)c3)n2)cc1. The van der Waals surface area contributed by atoms with E-state index >= 15 is 0 Å². The van der Waals surface area contributed by atoms with Crippen LogP contribution < -0.4 is 10.6 Å². The zero-order valence-corrected chi connectivity index (χ0v) is 13.9. The van der Waals surface area contributed by atoms with E-state index in [-0.39, 0.29) is 5.82 Å². The van der Waals surface area contributed by atoms with Gasteiger partial charge in [-0.3, -0.25) is 0 Å². The van der Waals surface area contributed by atoms with Gasteiger partial charge in [0.2, 0.25) is 5.95 Å². The third-order valence-electron chi connectivity index (χ3n) is 3.21. The lowest BCUT2D eigenvalue weighted by Gasteiger charge is -2.09. The van der Waals surface area contributed by atoms with Crippen LogP contribution in [0.5, 0.6) is 0 Å². The minimum atomic E-state index is -0.261. The van der Waals surface area contributed by atoms with Crippen LogP contribution in [-0.2, 0) is 6.54 Å². The third-order valence-corrected chi connectivity index (χ3v) is 3.95. The van der Waals surface area contributed by atoms with Crippen LogP contribution in [0.3, 0.4) is 0 Å². The van der Waals surface area contributed by atoms with Gasteiger partial charge in [-0.25, -0.2) is 9.37 Å². The third kappa shape index (κ3) is 4.34. The van der Waals surface area contributed by atoms with Crippen molar-refractivity contribution in [3.8, 4) is 0 Å². The van der Waals surface area contributed by atoms with Crippen LogP contribution in [0.15, 0.2) is 54.7 Å². The van der Waals surface area contributed by atoms with Gasteiger partial charge < -0.3 is 10.6 Å². The normalized spacial score (nSPS) is 10.5. The van der Waals surface area contributed by atoms with Crippen LogP contribution >= 0.6 is 23.2 Å². The summed E-state index contributed by atoms with van der Waals surface area (Å²) in [5.74, 6) is 0.817. The van der Waals surface area contributed by atoms with Crippen molar-refractivity contribution in [3.63, 3.8) is 0 Å². The second-order valence-corrected chi connectivity index (χ2v) is 5.81. The predicted molar refractivity (Wildman–Crippen MR) is 95.5 cm³/mol. The van der Waals surface area contributed by atoms with Gasteiger partial charge in [-0.1, -0.05) is 35.3 Å². The lowest BCUT2D eigenvalue weighted by Crippen LogP contribution is -2.05. The largest absolute Gasteiger partial charge is 0.350 e. The zero-order chi connectivity index (χ0) is 16.9. The van der Waals surface area contributed by atoms with Gasteiger partial charge in [-0.05, 0) is 42.0 Å². The smallest absolute Gasteiger partial charge is 0.224 e. The molecule has 2 N–H and O–H groups in total. The first-order valence-corrected chi connectivity index (χ1v) is 7.89. The molecule has 0 atom stereocenters. The number of nitrogens with one attached hydrogen (secondary N) is 2. The molecule has 0 amide bonds. The number of rotatable bonds is 5. The molecule has 0 bridgehead atoms. The molecule has 24 heavy (non-hydrogen) atoms. The van der Waals surface area contributed by atoms with Crippen molar-refractivity contribution in [1.29, 1.82) is 0 Å². The van der Waals surface area contributed by atoms with Gasteiger partial charge in [0, 0.05) is 18.4 Å². The quantitative estimate of drug-likeness (QED) is 0.648. The van der Waals surface area contributed by atoms with E-state index in [0.29, 0.717) is 28.4 Å².